The Kier molecular flexibility index (Phi) is 7.09. The predicted molar refractivity (Wildman–Crippen MR) is 121 cm³/mol. The number of carbonyl (C=O) groups excluding carboxylic acids is 2. The normalized spacial score (nSPS) is 15.8. The number of carbonyl (C=O) groups is 2. The summed E-state index contributed by atoms with van der Waals surface area (Å²) in [4.78, 5) is 26.2. The summed E-state index contributed by atoms with van der Waals surface area (Å²) >= 11 is 0. The van der Waals surface area contributed by atoms with E-state index in [4.69, 9.17) is 0 Å². The van der Waals surface area contributed by atoms with E-state index >= 15 is 0 Å². The van der Waals surface area contributed by atoms with Crippen molar-refractivity contribution in [2.75, 3.05) is 31.5 Å². The molecule has 0 bridgehead atoms. The first-order chi connectivity index (χ1) is 15.7. The summed E-state index contributed by atoms with van der Waals surface area (Å²) in [5.41, 5.74) is -0.847. The van der Waals surface area contributed by atoms with E-state index in [1.807, 2.05) is 0 Å². The highest BCUT2D eigenvalue weighted by Crippen LogP contribution is 2.31. The molecule has 184 valence electrons. The summed E-state index contributed by atoms with van der Waals surface area (Å²) in [5.74, 6) is -0.534. The van der Waals surface area contributed by atoms with Crippen LogP contribution in [0.4, 0.5) is 18.9 Å². The molecule has 0 saturated carbocycles. The van der Waals surface area contributed by atoms with Crippen molar-refractivity contribution in [1.82, 2.24) is 9.21 Å². The van der Waals surface area contributed by atoms with Gasteiger partial charge in [-0.25, -0.2) is 8.42 Å². The van der Waals surface area contributed by atoms with E-state index in [-0.39, 0.29) is 38.0 Å². The maximum absolute atomic E-state index is 13.0. The van der Waals surface area contributed by atoms with Crippen LogP contribution in [0.2, 0.25) is 0 Å². The third kappa shape index (κ3) is 5.76. The highest BCUT2D eigenvalue weighted by Gasteiger charge is 2.34. The van der Waals surface area contributed by atoms with Crippen molar-refractivity contribution in [1.29, 1.82) is 0 Å². The number of nitrogens with one attached hydrogen (secondary N) is 1. The minimum absolute atomic E-state index is 0.0508. The molecule has 7 nitrogen and oxygen atoms in total. The molecule has 3 rings (SSSR count). The quantitative estimate of drug-likeness (QED) is 0.696. The number of anilines is 1. The molecule has 1 aliphatic heterocycles. The van der Waals surface area contributed by atoms with Gasteiger partial charge in [-0.2, -0.15) is 17.5 Å². The number of benzene rings is 2. The molecule has 1 fully saturated rings. The molecule has 1 saturated heterocycles. The van der Waals surface area contributed by atoms with Crippen LogP contribution in [-0.4, -0.2) is 55.6 Å². The topological polar surface area (TPSA) is 86.8 Å². The number of hydrogen-bond acceptors (Lipinski definition) is 4. The molecule has 1 N–H and O–H groups in total. The van der Waals surface area contributed by atoms with Crippen LogP contribution in [-0.2, 0) is 21.0 Å². The summed E-state index contributed by atoms with van der Waals surface area (Å²) in [6.07, 6.45) is -4.66. The van der Waals surface area contributed by atoms with Crippen LogP contribution >= 0.6 is 0 Å². The van der Waals surface area contributed by atoms with Gasteiger partial charge in [0.15, 0.2) is 0 Å². The number of amides is 2. The lowest BCUT2D eigenvalue weighted by Crippen LogP contribution is -2.50. The van der Waals surface area contributed by atoms with E-state index in [0.717, 1.165) is 22.5 Å². The van der Waals surface area contributed by atoms with Gasteiger partial charge in [-0.15, -0.1) is 0 Å². The Morgan fingerprint density at radius 3 is 2.12 bits per heavy atom. The fourth-order valence-electron chi connectivity index (χ4n) is 3.34. The molecule has 2 amide bonds. The van der Waals surface area contributed by atoms with Crippen molar-refractivity contribution in [3.63, 3.8) is 0 Å². The molecule has 11 heteroatoms. The van der Waals surface area contributed by atoms with Crippen molar-refractivity contribution < 1.29 is 31.2 Å². The second-order valence-electron chi connectivity index (χ2n) is 9.01. The summed E-state index contributed by atoms with van der Waals surface area (Å²) in [6.45, 7) is 5.36. The average molecular weight is 498 g/mol. The molecule has 2 aromatic rings. The lowest BCUT2D eigenvalue weighted by atomic mass is 9.95. The zero-order chi connectivity index (χ0) is 25.3. The molecule has 0 spiro atoms. The third-order valence-corrected chi connectivity index (χ3v) is 7.27. The van der Waals surface area contributed by atoms with E-state index in [1.54, 1.807) is 45.0 Å². The molecule has 34 heavy (non-hydrogen) atoms. The predicted octanol–water partition coefficient (Wildman–Crippen LogP) is 3.84. The van der Waals surface area contributed by atoms with Gasteiger partial charge in [-0.1, -0.05) is 32.9 Å². The first-order valence-electron chi connectivity index (χ1n) is 10.6. The van der Waals surface area contributed by atoms with E-state index < -0.39 is 32.1 Å². The van der Waals surface area contributed by atoms with Crippen LogP contribution in [0, 0.1) is 5.41 Å². The Bertz CT molecular complexity index is 1180. The second kappa shape index (κ2) is 9.38. The molecular weight excluding hydrogens is 471 g/mol. The Hall–Kier alpha value is -2.92. The zero-order valence-corrected chi connectivity index (χ0v) is 19.8. The van der Waals surface area contributed by atoms with Gasteiger partial charge in [0.2, 0.25) is 15.9 Å². The molecule has 0 aliphatic carbocycles. The van der Waals surface area contributed by atoms with Crippen LogP contribution in [0.25, 0.3) is 0 Å². The van der Waals surface area contributed by atoms with Crippen LogP contribution in [0.15, 0.2) is 53.4 Å². The van der Waals surface area contributed by atoms with Gasteiger partial charge in [-0.05, 0) is 36.4 Å². The van der Waals surface area contributed by atoms with Crippen molar-refractivity contribution in [3.8, 4) is 0 Å². The number of sulfonamides is 1. The van der Waals surface area contributed by atoms with E-state index in [2.05, 4.69) is 5.32 Å². The van der Waals surface area contributed by atoms with Gasteiger partial charge in [0.1, 0.15) is 0 Å². The fraction of sp³-hybridized carbons (Fsp3) is 0.391. The fourth-order valence-corrected chi connectivity index (χ4v) is 4.81. The van der Waals surface area contributed by atoms with Gasteiger partial charge in [-0.3, -0.25) is 9.59 Å². The SMILES string of the molecule is CC(C)(C)C(=O)Nc1cccc(C(=O)N2CCN(S(=O)(=O)c3cccc(C(F)(F)F)c3)CC2)c1. The Morgan fingerprint density at radius 1 is 0.912 bits per heavy atom. The molecule has 0 aromatic heterocycles. The summed E-state index contributed by atoms with van der Waals surface area (Å²) in [5, 5.41) is 2.76. The van der Waals surface area contributed by atoms with E-state index in [1.165, 1.54) is 4.90 Å². The lowest BCUT2D eigenvalue weighted by molar-refractivity contribution is -0.137. The van der Waals surface area contributed by atoms with Gasteiger partial charge >= 0.3 is 6.18 Å². The van der Waals surface area contributed by atoms with Crippen LogP contribution in [0.3, 0.4) is 0 Å². The van der Waals surface area contributed by atoms with Crippen LogP contribution in [0.5, 0.6) is 0 Å². The summed E-state index contributed by atoms with van der Waals surface area (Å²) in [7, 11) is -4.14. The van der Waals surface area contributed by atoms with Crippen molar-refractivity contribution in [2.24, 2.45) is 5.41 Å². The number of piperazine rings is 1. The molecule has 2 aromatic carbocycles. The van der Waals surface area contributed by atoms with Crippen molar-refractivity contribution in [3.05, 3.63) is 59.7 Å². The number of hydrogen-bond donors (Lipinski definition) is 1. The van der Waals surface area contributed by atoms with Gasteiger partial charge in [0, 0.05) is 42.8 Å². The molecule has 0 atom stereocenters. The smallest absolute Gasteiger partial charge is 0.336 e. The molecule has 0 unspecified atom stereocenters. The van der Waals surface area contributed by atoms with E-state index in [9.17, 15) is 31.2 Å². The first-order valence-corrected chi connectivity index (χ1v) is 12.0. The number of halogens is 3. The van der Waals surface area contributed by atoms with Crippen molar-refractivity contribution in [2.45, 2.75) is 31.8 Å². The maximum atomic E-state index is 13.0. The molecule has 1 aliphatic rings. The highest BCUT2D eigenvalue weighted by molar-refractivity contribution is 7.89. The average Bonchev–Trinajstić information content (AvgIpc) is 2.78. The third-order valence-electron chi connectivity index (χ3n) is 5.37. The Morgan fingerprint density at radius 2 is 1.53 bits per heavy atom. The second-order valence-corrected chi connectivity index (χ2v) is 10.9. The summed E-state index contributed by atoms with van der Waals surface area (Å²) in [6, 6.07) is 10.1. The number of alkyl halides is 3. The highest BCUT2D eigenvalue weighted by atomic mass is 32.2. The van der Waals surface area contributed by atoms with E-state index in [0.29, 0.717) is 17.3 Å². The van der Waals surface area contributed by atoms with Gasteiger partial charge in [0.05, 0.1) is 10.5 Å². The van der Waals surface area contributed by atoms with Crippen LogP contribution < -0.4 is 5.32 Å². The standard InChI is InChI=1S/C23H26F3N3O4S/c1-22(2,3)21(31)27-18-8-4-6-16(14-18)20(30)28-10-12-29(13-11-28)34(32,33)19-9-5-7-17(15-19)23(24,25)26/h4-9,14-15H,10-13H2,1-3H3,(H,27,31). The minimum Gasteiger partial charge on any atom is -0.336 e. The zero-order valence-electron chi connectivity index (χ0n) is 19.0. The van der Waals surface area contributed by atoms with Gasteiger partial charge < -0.3 is 10.2 Å². The minimum atomic E-state index is -4.66. The first kappa shape index (κ1) is 25.7. The molecule has 0 radical (unpaired) electrons. The Labute approximate surface area is 196 Å². The largest absolute Gasteiger partial charge is 0.416 e. The van der Waals surface area contributed by atoms with Crippen molar-refractivity contribution >= 4 is 27.5 Å². The summed E-state index contributed by atoms with van der Waals surface area (Å²) < 4.78 is 65.7. The van der Waals surface area contributed by atoms with Crippen LogP contribution in [0.1, 0.15) is 36.7 Å². The molecule has 1 heterocycles. The monoisotopic (exact) mass is 497 g/mol. The number of rotatable bonds is 4. The lowest BCUT2D eigenvalue weighted by Gasteiger charge is -2.34. The molecular formula is C23H26F3N3O4S. The Balaban J connectivity index is 1.69. The number of nitrogens with zero attached hydrogens (tertiary/aromatic N) is 2. The van der Waals surface area contributed by atoms with Gasteiger partial charge in [0.25, 0.3) is 5.91 Å². The maximum Gasteiger partial charge on any atom is 0.416 e.